The molecule has 6 atom stereocenters. The van der Waals surface area contributed by atoms with Crippen molar-refractivity contribution < 1.29 is 5.21 Å². The van der Waals surface area contributed by atoms with Gasteiger partial charge in [-0.3, -0.25) is 0 Å². The minimum Gasteiger partial charge on any atom is -0.411 e. The molecule has 0 aromatic heterocycles. The third kappa shape index (κ3) is 1.93. The summed E-state index contributed by atoms with van der Waals surface area (Å²) in [5, 5.41) is 12.9. The molecule has 2 heteroatoms. The van der Waals surface area contributed by atoms with Gasteiger partial charge in [0.15, 0.2) is 0 Å². The molecule has 2 nitrogen and oxygen atoms in total. The first kappa shape index (κ1) is 14.1. The van der Waals surface area contributed by atoms with E-state index in [1.165, 1.54) is 51.4 Å². The normalized spacial score (nSPS) is 54.9. The summed E-state index contributed by atoms with van der Waals surface area (Å²) >= 11 is 0. The van der Waals surface area contributed by atoms with Crippen molar-refractivity contribution in [3.8, 4) is 0 Å². The van der Waals surface area contributed by atoms with Gasteiger partial charge in [0.1, 0.15) is 0 Å². The predicted molar refractivity (Wildman–Crippen MR) is 85.6 cm³/mol. The Hall–Kier alpha value is -0.530. The molecule has 0 aromatic rings. The van der Waals surface area contributed by atoms with E-state index in [2.05, 4.69) is 19.0 Å². The molecule has 0 spiro atoms. The standard InChI is InChI=1S/C19H31NO/c1-18-10-8-16-15(17(18)11-14(12-18)20-21)7-6-13-5-3-4-9-19(13,16)2/h13,15-17,21H,3-12H2,1-2H3. The lowest BCUT2D eigenvalue weighted by Gasteiger charge is -2.59. The maximum Gasteiger partial charge on any atom is 0.0579 e. The summed E-state index contributed by atoms with van der Waals surface area (Å²) in [5.74, 6) is 3.65. The predicted octanol–water partition coefficient (Wildman–Crippen LogP) is 5.25. The Morgan fingerprint density at radius 2 is 1.86 bits per heavy atom. The Kier molecular flexibility index (Phi) is 3.17. The van der Waals surface area contributed by atoms with Crippen LogP contribution < -0.4 is 0 Å². The smallest absolute Gasteiger partial charge is 0.0579 e. The van der Waals surface area contributed by atoms with Gasteiger partial charge in [-0.05, 0) is 85.9 Å². The van der Waals surface area contributed by atoms with Crippen LogP contribution in [-0.2, 0) is 0 Å². The number of oxime groups is 1. The van der Waals surface area contributed by atoms with Gasteiger partial charge in [-0.2, -0.15) is 0 Å². The zero-order valence-electron chi connectivity index (χ0n) is 13.8. The van der Waals surface area contributed by atoms with E-state index >= 15 is 0 Å². The number of nitrogens with zero attached hydrogens (tertiary/aromatic N) is 1. The van der Waals surface area contributed by atoms with E-state index in [-0.39, 0.29) is 0 Å². The third-order valence-corrected chi connectivity index (χ3v) is 8.31. The first-order valence-electron chi connectivity index (χ1n) is 9.27. The van der Waals surface area contributed by atoms with Crippen LogP contribution in [0.1, 0.15) is 78.1 Å². The van der Waals surface area contributed by atoms with Crippen LogP contribution in [-0.4, -0.2) is 10.9 Å². The van der Waals surface area contributed by atoms with Crippen molar-refractivity contribution in [2.45, 2.75) is 78.1 Å². The van der Waals surface area contributed by atoms with Crippen molar-refractivity contribution in [2.75, 3.05) is 0 Å². The highest BCUT2D eigenvalue weighted by Crippen LogP contribution is 2.65. The summed E-state index contributed by atoms with van der Waals surface area (Å²) < 4.78 is 0. The van der Waals surface area contributed by atoms with Crippen molar-refractivity contribution in [1.82, 2.24) is 0 Å². The molecule has 0 aromatic carbocycles. The molecular weight excluding hydrogens is 258 g/mol. The molecule has 4 aliphatic carbocycles. The van der Waals surface area contributed by atoms with Crippen LogP contribution in [0.25, 0.3) is 0 Å². The summed E-state index contributed by atoms with van der Waals surface area (Å²) in [6.07, 6.45) is 13.7. The van der Waals surface area contributed by atoms with E-state index in [0.717, 1.165) is 42.2 Å². The molecule has 0 bridgehead atoms. The summed E-state index contributed by atoms with van der Waals surface area (Å²) in [7, 11) is 0. The fourth-order valence-corrected chi connectivity index (χ4v) is 7.18. The number of fused-ring (bicyclic) bond motifs is 5. The van der Waals surface area contributed by atoms with Gasteiger partial charge in [0, 0.05) is 0 Å². The SMILES string of the molecule is CC12CCC3C(CCC4CCCCC43C)C1CC(=NO)C2. The molecule has 118 valence electrons. The average Bonchev–Trinajstić information content (AvgIpc) is 2.83. The second-order valence-electron chi connectivity index (χ2n) is 9.14. The van der Waals surface area contributed by atoms with Gasteiger partial charge < -0.3 is 5.21 Å². The Balaban J connectivity index is 1.64. The largest absolute Gasteiger partial charge is 0.411 e. The van der Waals surface area contributed by atoms with Crippen LogP contribution in [0.15, 0.2) is 5.16 Å². The Labute approximate surface area is 129 Å². The lowest BCUT2D eigenvalue weighted by molar-refractivity contribution is -0.103. The van der Waals surface area contributed by atoms with Crippen molar-refractivity contribution >= 4 is 5.71 Å². The lowest BCUT2D eigenvalue weighted by atomic mass is 9.45. The molecule has 1 N–H and O–H groups in total. The van der Waals surface area contributed by atoms with E-state index in [0.29, 0.717) is 10.8 Å². The number of rotatable bonds is 0. The Morgan fingerprint density at radius 1 is 1.00 bits per heavy atom. The molecular formula is C19H31NO. The zero-order chi connectivity index (χ0) is 14.7. The molecule has 4 rings (SSSR count). The van der Waals surface area contributed by atoms with Crippen LogP contribution in [0, 0.1) is 34.5 Å². The Morgan fingerprint density at radius 3 is 2.67 bits per heavy atom. The Bertz CT molecular complexity index is 458. The number of hydrogen-bond donors (Lipinski definition) is 1. The highest BCUT2D eigenvalue weighted by Gasteiger charge is 2.58. The van der Waals surface area contributed by atoms with Crippen LogP contribution >= 0.6 is 0 Å². The number of hydrogen-bond acceptors (Lipinski definition) is 2. The average molecular weight is 289 g/mol. The quantitative estimate of drug-likeness (QED) is 0.479. The van der Waals surface area contributed by atoms with Crippen LogP contribution in [0.3, 0.4) is 0 Å². The molecule has 6 unspecified atom stereocenters. The maximum absolute atomic E-state index is 9.25. The van der Waals surface area contributed by atoms with Gasteiger partial charge in [-0.1, -0.05) is 31.8 Å². The van der Waals surface area contributed by atoms with Crippen molar-refractivity contribution in [3.63, 3.8) is 0 Å². The summed E-state index contributed by atoms with van der Waals surface area (Å²) in [6.45, 7) is 5.10. The first-order chi connectivity index (χ1) is 10.1. The highest BCUT2D eigenvalue weighted by atomic mass is 16.4. The topological polar surface area (TPSA) is 32.6 Å². The fraction of sp³-hybridized carbons (Fsp3) is 0.947. The summed E-state index contributed by atoms with van der Waals surface area (Å²) in [4.78, 5) is 0. The second-order valence-corrected chi connectivity index (χ2v) is 9.14. The summed E-state index contributed by atoms with van der Waals surface area (Å²) in [6, 6.07) is 0. The molecule has 0 radical (unpaired) electrons. The molecule has 0 amide bonds. The molecule has 21 heavy (non-hydrogen) atoms. The minimum absolute atomic E-state index is 0.431. The van der Waals surface area contributed by atoms with E-state index in [1.807, 2.05) is 0 Å². The van der Waals surface area contributed by atoms with Crippen LogP contribution in [0.5, 0.6) is 0 Å². The van der Waals surface area contributed by atoms with Gasteiger partial charge in [-0.15, -0.1) is 0 Å². The van der Waals surface area contributed by atoms with Crippen molar-refractivity contribution in [2.24, 2.45) is 39.7 Å². The summed E-state index contributed by atoms with van der Waals surface area (Å²) in [5.41, 5.74) is 2.14. The maximum atomic E-state index is 9.25. The molecule has 4 fully saturated rings. The molecule has 4 saturated carbocycles. The monoisotopic (exact) mass is 289 g/mol. The van der Waals surface area contributed by atoms with Crippen LogP contribution in [0.2, 0.25) is 0 Å². The molecule has 4 aliphatic rings. The zero-order valence-corrected chi connectivity index (χ0v) is 13.8. The van der Waals surface area contributed by atoms with Gasteiger partial charge >= 0.3 is 0 Å². The minimum atomic E-state index is 0.431. The third-order valence-electron chi connectivity index (χ3n) is 8.31. The lowest BCUT2D eigenvalue weighted by Crippen LogP contribution is -2.51. The van der Waals surface area contributed by atoms with E-state index < -0.39 is 0 Å². The van der Waals surface area contributed by atoms with E-state index in [1.54, 1.807) is 0 Å². The van der Waals surface area contributed by atoms with Crippen LogP contribution in [0.4, 0.5) is 0 Å². The highest BCUT2D eigenvalue weighted by molar-refractivity contribution is 5.87. The van der Waals surface area contributed by atoms with Gasteiger partial charge in [0.05, 0.1) is 5.71 Å². The molecule has 0 aliphatic heterocycles. The molecule has 0 heterocycles. The fourth-order valence-electron chi connectivity index (χ4n) is 7.18. The van der Waals surface area contributed by atoms with Gasteiger partial charge in [0.25, 0.3) is 0 Å². The van der Waals surface area contributed by atoms with E-state index in [4.69, 9.17) is 0 Å². The first-order valence-corrected chi connectivity index (χ1v) is 9.27. The molecule has 0 saturated heterocycles. The van der Waals surface area contributed by atoms with Crippen molar-refractivity contribution in [1.29, 1.82) is 0 Å². The van der Waals surface area contributed by atoms with Crippen molar-refractivity contribution in [3.05, 3.63) is 0 Å². The van der Waals surface area contributed by atoms with E-state index in [9.17, 15) is 5.21 Å². The van der Waals surface area contributed by atoms with Gasteiger partial charge in [0.2, 0.25) is 0 Å². The second kappa shape index (κ2) is 4.73. The van der Waals surface area contributed by atoms with Gasteiger partial charge in [-0.25, -0.2) is 0 Å².